The van der Waals surface area contributed by atoms with E-state index in [0.717, 1.165) is 13.2 Å². The zero-order valence-electron chi connectivity index (χ0n) is 12.8. The first kappa shape index (κ1) is 18.6. The molecule has 130 valence electrons. The molecule has 0 fully saturated rings. The molecule has 0 aromatic heterocycles. The summed E-state index contributed by atoms with van der Waals surface area (Å²) in [6.07, 6.45) is 0.866. The van der Waals surface area contributed by atoms with Gasteiger partial charge in [0.05, 0.1) is 6.26 Å². The Bertz CT molecular complexity index is 844. The fraction of sp³-hybridized carbons (Fsp3) is 0.286. The van der Waals surface area contributed by atoms with Crippen molar-refractivity contribution < 1.29 is 27.5 Å². The van der Waals surface area contributed by atoms with Gasteiger partial charge in [0.25, 0.3) is 5.78 Å². The average molecular weight is 394 g/mol. The summed E-state index contributed by atoms with van der Waals surface area (Å²) in [5.41, 5.74) is -1.38. The first-order valence-corrected chi connectivity index (χ1v) is 9.18. The predicted octanol–water partition coefficient (Wildman–Crippen LogP) is 2.09. The number of rotatable bonds is 4. The topological polar surface area (TPSA) is 98.8 Å². The minimum atomic E-state index is -3.78. The molecule has 1 heterocycles. The van der Waals surface area contributed by atoms with Crippen molar-refractivity contribution in [1.82, 2.24) is 4.72 Å². The zero-order chi connectivity index (χ0) is 18.3. The van der Waals surface area contributed by atoms with Crippen molar-refractivity contribution in [2.75, 3.05) is 6.26 Å². The molecule has 7 nitrogen and oxygen atoms in total. The van der Waals surface area contributed by atoms with Gasteiger partial charge in [-0.3, -0.25) is 14.3 Å². The molecule has 0 saturated carbocycles. The van der Waals surface area contributed by atoms with E-state index < -0.39 is 39.0 Å². The van der Waals surface area contributed by atoms with Crippen molar-refractivity contribution >= 4 is 45.0 Å². The van der Waals surface area contributed by atoms with Crippen molar-refractivity contribution in [3.8, 4) is 0 Å². The molecular formula is C14H13Cl2NO6S. The van der Waals surface area contributed by atoms with E-state index in [9.17, 15) is 18.0 Å². The molecule has 0 radical (unpaired) electrons. The molecule has 0 aliphatic carbocycles. The van der Waals surface area contributed by atoms with E-state index >= 15 is 0 Å². The SMILES string of the molecule is CC(=O)OC1=C(NS(C)(=O)=O)OC(C)(c2cc(Cl)cc(Cl)c2)C1=O. The normalized spacial score (nSPS) is 20.8. The molecule has 1 N–H and O–H groups in total. The summed E-state index contributed by atoms with van der Waals surface area (Å²) >= 11 is 11.9. The Morgan fingerprint density at radius 3 is 2.25 bits per heavy atom. The second-order valence-electron chi connectivity index (χ2n) is 5.25. The van der Waals surface area contributed by atoms with E-state index in [1.54, 1.807) is 0 Å². The van der Waals surface area contributed by atoms with Crippen LogP contribution in [0.3, 0.4) is 0 Å². The minimum absolute atomic E-state index is 0.258. The van der Waals surface area contributed by atoms with Crippen molar-refractivity contribution in [3.05, 3.63) is 45.5 Å². The molecule has 0 saturated heterocycles. The maximum Gasteiger partial charge on any atom is 0.308 e. The van der Waals surface area contributed by atoms with Crippen LogP contribution in [-0.2, 0) is 34.7 Å². The molecule has 1 aliphatic rings. The number of esters is 1. The van der Waals surface area contributed by atoms with Crippen LogP contribution in [0.1, 0.15) is 19.4 Å². The zero-order valence-corrected chi connectivity index (χ0v) is 15.2. The van der Waals surface area contributed by atoms with Gasteiger partial charge in [-0.1, -0.05) is 23.2 Å². The maximum atomic E-state index is 12.7. The van der Waals surface area contributed by atoms with Crippen LogP contribution in [0.5, 0.6) is 0 Å². The summed E-state index contributed by atoms with van der Waals surface area (Å²) in [4.78, 5) is 23.9. The van der Waals surface area contributed by atoms with Crippen LogP contribution in [-0.4, -0.2) is 26.4 Å². The van der Waals surface area contributed by atoms with Gasteiger partial charge in [-0.2, -0.15) is 0 Å². The third-order valence-corrected chi connectivity index (χ3v) is 4.08. The third kappa shape index (κ3) is 3.82. The number of ketones is 1. The van der Waals surface area contributed by atoms with Crippen molar-refractivity contribution in [2.45, 2.75) is 19.4 Å². The quantitative estimate of drug-likeness (QED) is 0.786. The van der Waals surface area contributed by atoms with Crippen LogP contribution in [0.4, 0.5) is 0 Å². The highest BCUT2D eigenvalue weighted by Crippen LogP contribution is 2.40. The van der Waals surface area contributed by atoms with Gasteiger partial charge < -0.3 is 9.47 Å². The molecule has 1 aromatic carbocycles. The van der Waals surface area contributed by atoms with Gasteiger partial charge >= 0.3 is 5.97 Å². The molecule has 1 aromatic rings. The molecular weight excluding hydrogens is 381 g/mol. The van der Waals surface area contributed by atoms with Crippen LogP contribution in [0.2, 0.25) is 10.0 Å². The smallest absolute Gasteiger partial charge is 0.308 e. The lowest BCUT2D eigenvalue weighted by atomic mass is 9.91. The van der Waals surface area contributed by atoms with Crippen molar-refractivity contribution in [2.24, 2.45) is 0 Å². The number of carbonyl (C=O) groups excluding carboxylic acids is 2. The van der Waals surface area contributed by atoms with Gasteiger partial charge in [-0.25, -0.2) is 8.42 Å². The van der Waals surface area contributed by atoms with Crippen LogP contribution in [0.15, 0.2) is 29.8 Å². The van der Waals surface area contributed by atoms with Gasteiger partial charge in [-0.15, -0.1) is 0 Å². The van der Waals surface area contributed by atoms with E-state index in [0.29, 0.717) is 0 Å². The molecule has 10 heteroatoms. The number of halogens is 2. The maximum absolute atomic E-state index is 12.7. The van der Waals surface area contributed by atoms with Crippen molar-refractivity contribution in [1.29, 1.82) is 0 Å². The Kier molecular flexibility index (Phi) is 4.85. The van der Waals surface area contributed by atoms with Gasteiger partial charge in [0.1, 0.15) is 0 Å². The summed E-state index contributed by atoms with van der Waals surface area (Å²) in [6, 6.07) is 4.35. The molecule has 1 atom stereocenters. The highest BCUT2D eigenvalue weighted by atomic mass is 35.5. The van der Waals surface area contributed by atoms with Crippen LogP contribution in [0, 0.1) is 0 Å². The van der Waals surface area contributed by atoms with E-state index in [-0.39, 0.29) is 15.6 Å². The summed E-state index contributed by atoms with van der Waals surface area (Å²) < 4.78 is 35.3. The number of hydrogen-bond acceptors (Lipinski definition) is 6. The highest BCUT2D eigenvalue weighted by molar-refractivity contribution is 7.88. The Labute approximate surface area is 148 Å². The molecule has 0 spiro atoms. The molecule has 0 bridgehead atoms. The number of carbonyl (C=O) groups is 2. The molecule has 0 amide bonds. The van der Waals surface area contributed by atoms with Gasteiger partial charge in [-0.05, 0) is 25.1 Å². The molecule has 1 aliphatic heterocycles. The van der Waals surface area contributed by atoms with Gasteiger partial charge in [0.15, 0.2) is 5.60 Å². The fourth-order valence-electron chi connectivity index (χ4n) is 2.11. The summed E-state index contributed by atoms with van der Waals surface area (Å²) in [5, 5.41) is 0.516. The van der Waals surface area contributed by atoms with Crippen LogP contribution in [0.25, 0.3) is 0 Å². The lowest BCUT2D eigenvalue weighted by molar-refractivity contribution is -0.142. The summed E-state index contributed by atoms with van der Waals surface area (Å²) in [6.45, 7) is 2.46. The Balaban J connectivity index is 2.53. The van der Waals surface area contributed by atoms with E-state index in [1.807, 2.05) is 4.72 Å². The number of ether oxygens (including phenoxy) is 2. The Morgan fingerprint density at radius 2 is 1.79 bits per heavy atom. The highest BCUT2D eigenvalue weighted by Gasteiger charge is 2.50. The molecule has 2 rings (SSSR count). The van der Waals surface area contributed by atoms with E-state index in [2.05, 4.69) is 0 Å². The first-order valence-electron chi connectivity index (χ1n) is 6.53. The molecule has 24 heavy (non-hydrogen) atoms. The monoisotopic (exact) mass is 393 g/mol. The van der Waals surface area contributed by atoms with Gasteiger partial charge in [0, 0.05) is 22.5 Å². The number of sulfonamides is 1. The second kappa shape index (κ2) is 6.27. The largest absolute Gasteiger partial charge is 0.456 e. The van der Waals surface area contributed by atoms with Crippen LogP contribution >= 0.6 is 23.2 Å². The summed E-state index contributed by atoms with van der Waals surface area (Å²) in [7, 11) is -3.78. The Hall–Kier alpha value is -1.77. The predicted molar refractivity (Wildman–Crippen MR) is 86.7 cm³/mol. The van der Waals surface area contributed by atoms with Crippen LogP contribution < -0.4 is 4.72 Å². The molecule has 1 unspecified atom stereocenters. The average Bonchev–Trinajstić information content (AvgIpc) is 2.61. The lowest BCUT2D eigenvalue weighted by Crippen LogP contribution is -2.32. The number of benzene rings is 1. The van der Waals surface area contributed by atoms with Crippen molar-refractivity contribution in [3.63, 3.8) is 0 Å². The lowest BCUT2D eigenvalue weighted by Gasteiger charge is -2.24. The second-order valence-corrected chi connectivity index (χ2v) is 7.87. The first-order chi connectivity index (χ1) is 10.9. The standard InChI is InChI=1S/C14H13Cl2NO6S/c1-7(18)22-11-12(19)14(2,23-13(11)17-24(3,20)21)8-4-9(15)6-10(16)5-8/h4-6,17H,1-3H3. The Morgan fingerprint density at radius 1 is 1.25 bits per heavy atom. The van der Waals surface area contributed by atoms with Gasteiger partial charge in [0.2, 0.25) is 21.7 Å². The number of nitrogens with one attached hydrogen (secondary N) is 1. The summed E-state index contributed by atoms with van der Waals surface area (Å²) in [5.74, 6) is -2.56. The number of hydrogen-bond donors (Lipinski definition) is 1. The fourth-order valence-corrected chi connectivity index (χ4v) is 3.11. The number of Topliss-reactive ketones (excluding diaryl/α,β-unsaturated/α-hetero) is 1. The van der Waals surface area contributed by atoms with E-state index in [4.69, 9.17) is 32.7 Å². The van der Waals surface area contributed by atoms with E-state index in [1.165, 1.54) is 25.1 Å². The third-order valence-electron chi connectivity index (χ3n) is 3.09. The minimum Gasteiger partial charge on any atom is -0.456 e.